The summed E-state index contributed by atoms with van der Waals surface area (Å²) in [6, 6.07) is 6.58. The molecule has 1 aromatic rings. The summed E-state index contributed by atoms with van der Waals surface area (Å²) in [6.07, 6.45) is 2.86. The monoisotopic (exact) mass is 427 g/mol. The molecule has 2 saturated heterocycles. The molecule has 3 heterocycles. The second-order valence-electron chi connectivity index (χ2n) is 8.67. The normalized spacial score (nSPS) is 24.6. The Morgan fingerprint density at radius 3 is 2.71 bits per heavy atom. The fraction of sp³-hybridized carbons (Fsp3) is 0.565. The molecule has 0 unspecified atom stereocenters. The largest absolute Gasteiger partial charge is 0.486 e. The predicted molar refractivity (Wildman–Crippen MR) is 113 cm³/mol. The topological polar surface area (TPSA) is 96.0 Å². The molecule has 166 valence electrons. The van der Waals surface area contributed by atoms with Gasteiger partial charge >= 0.3 is 0 Å². The predicted octanol–water partition coefficient (Wildman–Crippen LogP) is 1.53. The van der Waals surface area contributed by atoms with Crippen LogP contribution in [-0.4, -0.2) is 71.1 Å². The molecule has 8 nitrogen and oxygen atoms in total. The van der Waals surface area contributed by atoms with Crippen molar-refractivity contribution in [2.75, 3.05) is 26.2 Å². The number of carbonyl (C=O) groups excluding carboxylic acids is 4. The highest BCUT2D eigenvalue weighted by atomic mass is 16.5. The summed E-state index contributed by atoms with van der Waals surface area (Å²) in [5.74, 6) is 0.386. The Bertz CT molecular complexity index is 901. The van der Waals surface area contributed by atoms with Crippen molar-refractivity contribution in [2.45, 2.75) is 57.1 Å². The van der Waals surface area contributed by atoms with Crippen LogP contribution < -0.4 is 10.1 Å². The summed E-state index contributed by atoms with van der Waals surface area (Å²) in [6.45, 7) is 3.67. The van der Waals surface area contributed by atoms with Gasteiger partial charge in [-0.2, -0.15) is 0 Å². The van der Waals surface area contributed by atoms with Gasteiger partial charge in [-0.1, -0.05) is 12.1 Å². The van der Waals surface area contributed by atoms with Crippen LogP contribution >= 0.6 is 0 Å². The second-order valence-corrected chi connectivity index (χ2v) is 8.67. The van der Waals surface area contributed by atoms with E-state index >= 15 is 0 Å². The van der Waals surface area contributed by atoms with E-state index in [1.165, 1.54) is 0 Å². The average Bonchev–Trinajstić information content (AvgIpc) is 3.10. The zero-order valence-corrected chi connectivity index (χ0v) is 17.9. The number of para-hydroxylation sites is 1. The zero-order chi connectivity index (χ0) is 22.0. The molecule has 2 fully saturated rings. The van der Waals surface area contributed by atoms with E-state index in [0.717, 1.165) is 13.0 Å². The maximum absolute atomic E-state index is 12.8. The SMILES string of the molecule is C[C@H](C(=O)NCCN1CCCC1=O)N1CC[C@@]2(CCC1=O)CC(=O)c1ccccc1O2. The van der Waals surface area contributed by atoms with E-state index in [-0.39, 0.29) is 36.3 Å². The molecule has 8 heteroatoms. The third kappa shape index (κ3) is 4.43. The molecule has 31 heavy (non-hydrogen) atoms. The van der Waals surface area contributed by atoms with Gasteiger partial charge in [-0.3, -0.25) is 19.2 Å². The fourth-order valence-electron chi connectivity index (χ4n) is 4.73. The summed E-state index contributed by atoms with van der Waals surface area (Å²) in [4.78, 5) is 53.1. The van der Waals surface area contributed by atoms with Crippen LogP contribution in [0.25, 0.3) is 0 Å². The molecule has 1 spiro atoms. The van der Waals surface area contributed by atoms with Crippen molar-refractivity contribution in [1.29, 1.82) is 0 Å². The fourth-order valence-corrected chi connectivity index (χ4v) is 4.73. The van der Waals surface area contributed by atoms with Crippen molar-refractivity contribution in [3.8, 4) is 5.75 Å². The maximum Gasteiger partial charge on any atom is 0.242 e. The molecule has 0 aromatic heterocycles. The highest BCUT2D eigenvalue weighted by Gasteiger charge is 2.44. The van der Waals surface area contributed by atoms with E-state index in [0.29, 0.717) is 50.2 Å². The molecule has 4 rings (SSSR count). The number of carbonyl (C=O) groups is 4. The van der Waals surface area contributed by atoms with E-state index < -0.39 is 11.6 Å². The van der Waals surface area contributed by atoms with E-state index in [4.69, 9.17) is 4.74 Å². The molecule has 3 aliphatic rings. The molecule has 3 amide bonds. The quantitative estimate of drug-likeness (QED) is 0.769. The summed E-state index contributed by atoms with van der Waals surface area (Å²) in [5.41, 5.74) is -0.118. The first kappa shape index (κ1) is 21.3. The standard InChI is InChI=1S/C23H29N3O5/c1-16(22(30)24-11-14-25-12-4-7-20(25)28)26-13-10-23(9-8-21(26)29)15-18(27)17-5-2-3-6-19(17)31-23/h2-3,5-6,16H,4,7-15H2,1H3,(H,24,30)/t16-,23+/m1/s1. The molecule has 0 saturated carbocycles. The van der Waals surface area contributed by atoms with Gasteiger partial charge in [0.05, 0.1) is 12.0 Å². The number of likely N-dealkylation sites (tertiary alicyclic amines) is 2. The number of nitrogens with zero attached hydrogens (tertiary/aromatic N) is 2. The van der Waals surface area contributed by atoms with Gasteiger partial charge in [0.2, 0.25) is 17.7 Å². The van der Waals surface area contributed by atoms with Gasteiger partial charge in [-0.15, -0.1) is 0 Å². The number of benzene rings is 1. The van der Waals surface area contributed by atoms with Gasteiger partial charge in [-0.25, -0.2) is 0 Å². The third-order valence-corrected chi connectivity index (χ3v) is 6.62. The lowest BCUT2D eigenvalue weighted by Crippen LogP contribution is -2.49. The molecule has 1 N–H and O–H groups in total. The second kappa shape index (κ2) is 8.69. The van der Waals surface area contributed by atoms with Gasteiger partial charge in [0.15, 0.2) is 5.78 Å². The number of fused-ring (bicyclic) bond motifs is 1. The number of nitrogens with one attached hydrogen (secondary N) is 1. The van der Waals surface area contributed by atoms with Crippen molar-refractivity contribution in [3.63, 3.8) is 0 Å². The molecular weight excluding hydrogens is 398 g/mol. The van der Waals surface area contributed by atoms with Crippen LogP contribution in [0.4, 0.5) is 0 Å². The van der Waals surface area contributed by atoms with Crippen molar-refractivity contribution < 1.29 is 23.9 Å². The van der Waals surface area contributed by atoms with E-state index in [2.05, 4.69) is 5.32 Å². The summed E-state index contributed by atoms with van der Waals surface area (Å²) < 4.78 is 6.24. The number of ether oxygens (including phenoxy) is 1. The molecule has 0 bridgehead atoms. The number of hydrogen-bond donors (Lipinski definition) is 1. The number of hydrogen-bond acceptors (Lipinski definition) is 5. The lowest BCUT2D eigenvalue weighted by atomic mass is 9.84. The molecule has 0 radical (unpaired) electrons. The minimum absolute atomic E-state index is 0.0324. The Balaban J connectivity index is 1.36. The van der Waals surface area contributed by atoms with Crippen molar-refractivity contribution in [3.05, 3.63) is 29.8 Å². The highest BCUT2D eigenvalue weighted by Crippen LogP contribution is 2.39. The third-order valence-electron chi connectivity index (χ3n) is 6.62. The maximum atomic E-state index is 12.8. The summed E-state index contributed by atoms with van der Waals surface area (Å²) in [5, 5.41) is 2.85. The molecule has 1 aromatic carbocycles. The minimum atomic E-state index is -0.706. The number of Topliss-reactive ketones (excluding diaryl/α,β-unsaturated/α-hetero) is 1. The van der Waals surface area contributed by atoms with Crippen LogP contribution in [0.2, 0.25) is 0 Å². The summed E-state index contributed by atoms with van der Waals surface area (Å²) >= 11 is 0. The van der Waals surface area contributed by atoms with Gasteiger partial charge in [0.25, 0.3) is 0 Å². The number of amides is 3. The Morgan fingerprint density at radius 1 is 1.13 bits per heavy atom. The zero-order valence-electron chi connectivity index (χ0n) is 17.9. The first-order valence-corrected chi connectivity index (χ1v) is 11.0. The van der Waals surface area contributed by atoms with E-state index in [9.17, 15) is 19.2 Å². The Hall–Kier alpha value is -2.90. The molecule has 2 atom stereocenters. The first-order chi connectivity index (χ1) is 14.9. The van der Waals surface area contributed by atoms with Crippen molar-refractivity contribution >= 4 is 23.5 Å². The van der Waals surface area contributed by atoms with Gasteiger partial charge < -0.3 is 19.9 Å². The molecule has 3 aliphatic heterocycles. The number of ketones is 1. The lowest BCUT2D eigenvalue weighted by Gasteiger charge is -2.37. The van der Waals surface area contributed by atoms with Gasteiger partial charge in [-0.05, 0) is 31.9 Å². The lowest BCUT2D eigenvalue weighted by molar-refractivity contribution is -0.139. The van der Waals surface area contributed by atoms with E-state index in [1.54, 1.807) is 28.9 Å². The van der Waals surface area contributed by atoms with Gasteiger partial charge in [0.1, 0.15) is 17.4 Å². The smallest absolute Gasteiger partial charge is 0.242 e. The van der Waals surface area contributed by atoms with Crippen LogP contribution in [0.15, 0.2) is 24.3 Å². The van der Waals surface area contributed by atoms with Crippen molar-refractivity contribution in [2.24, 2.45) is 0 Å². The van der Waals surface area contributed by atoms with Crippen LogP contribution in [0, 0.1) is 0 Å². The van der Waals surface area contributed by atoms with Gasteiger partial charge in [0, 0.05) is 45.4 Å². The Morgan fingerprint density at radius 2 is 1.94 bits per heavy atom. The molecular formula is C23H29N3O5. The van der Waals surface area contributed by atoms with E-state index in [1.807, 2.05) is 12.1 Å². The minimum Gasteiger partial charge on any atom is -0.486 e. The summed E-state index contributed by atoms with van der Waals surface area (Å²) in [7, 11) is 0. The van der Waals surface area contributed by atoms with Crippen LogP contribution in [0.1, 0.15) is 55.8 Å². The number of rotatable bonds is 5. The van der Waals surface area contributed by atoms with Crippen LogP contribution in [0.5, 0.6) is 5.75 Å². The van der Waals surface area contributed by atoms with Crippen molar-refractivity contribution in [1.82, 2.24) is 15.1 Å². The Labute approximate surface area is 181 Å². The Kier molecular flexibility index (Phi) is 5.98. The highest BCUT2D eigenvalue weighted by molar-refractivity contribution is 6.00. The first-order valence-electron chi connectivity index (χ1n) is 11.0. The average molecular weight is 428 g/mol. The van der Waals surface area contributed by atoms with Crippen LogP contribution in [-0.2, 0) is 14.4 Å². The van der Waals surface area contributed by atoms with Crippen LogP contribution in [0.3, 0.4) is 0 Å². The molecule has 0 aliphatic carbocycles.